The number of carbonyl (C=O) groups is 1. The first-order chi connectivity index (χ1) is 15.4. The third kappa shape index (κ3) is 6.90. The molecule has 166 valence electrons. The SMILES string of the molecule is COc1cc(C=NNC(=O)COc2ccc(Cl)cc2)cc(Cl)c1OCc1ccc(C)cc1. The molecule has 0 saturated heterocycles. The van der Waals surface area contributed by atoms with Crippen LogP contribution in [0.4, 0.5) is 0 Å². The van der Waals surface area contributed by atoms with Gasteiger partial charge < -0.3 is 14.2 Å². The van der Waals surface area contributed by atoms with E-state index in [4.69, 9.17) is 37.4 Å². The van der Waals surface area contributed by atoms with E-state index in [9.17, 15) is 4.79 Å². The molecule has 0 heterocycles. The van der Waals surface area contributed by atoms with Crippen molar-refractivity contribution in [2.24, 2.45) is 5.10 Å². The summed E-state index contributed by atoms with van der Waals surface area (Å²) in [5, 5.41) is 4.90. The number of halogens is 2. The minimum Gasteiger partial charge on any atom is -0.493 e. The number of methoxy groups -OCH3 is 1. The second kappa shape index (κ2) is 11.4. The first-order valence-electron chi connectivity index (χ1n) is 9.71. The Morgan fingerprint density at radius 2 is 1.75 bits per heavy atom. The molecule has 0 aromatic heterocycles. The van der Waals surface area contributed by atoms with Crippen LogP contribution in [-0.4, -0.2) is 25.8 Å². The molecular formula is C24H22Cl2N2O4. The average Bonchev–Trinajstić information content (AvgIpc) is 2.79. The van der Waals surface area contributed by atoms with Gasteiger partial charge in [0.05, 0.1) is 18.3 Å². The Labute approximate surface area is 196 Å². The Kier molecular flexibility index (Phi) is 8.36. The van der Waals surface area contributed by atoms with Crippen molar-refractivity contribution in [3.8, 4) is 17.2 Å². The third-order valence-electron chi connectivity index (χ3n) is 4.34. The fourth-order valence-electron chi connectivity index (χ4n) is 2.68. The normalized spacial score (nSPS) is 10.8. The number of nitrogens with zero attached hydrogens (tertiary/aromatic N) is 1. The van der Waals surface area contributed by atoms with Crippen LogP contribution >= 0.6 is 23.2 Å². The topological polar surface area (TPSA) is 69.2 Å². The summed E-state index contributed by atoms with van der Waals surface area (Å²) >= 11 is 12.2. The standard InChI is InChI=1S/C24H22Cl2N2O4/c1-16-3-5-17(6-4-16)14-32-24-21(26)11-18(12-22(24)30-2)13-27-28-23(29)15-31-20-9-7-19(25)8-10-20/h3-13H,14-15H2,1-2H3,(H,28,29). The van der Waals surface area contributed by atoms with Gasteiger partial charge in [0.15, 0.2) is 18.1 Å². The molecule has 8 heteroatoms. The van der Waals surface area contributed by atoms with Crippen LogP contribution in [0.5, 0.6) is 17.2 Å². The maximum absolute atomic E-state index is 11.9. The molecule has 3 aromatic carbocycles. The fraction of sp³-hybridized carbons (Fsp3) is 0.167. The van der Waals surface area contributed by atoms with Crippen LogP contribution in [0.3, 0.4) is 0 Å². The number of hydrogen-bond donors (Lipinski definition) is 1. The van der Waals surface area contributed by atoms with E-state index < -0.39 is 5.91 Å². The molecule has 0 unspecified atom stereocenters. The summed E-state index contributed by atoms with van der Waals surface area (Å²) in [5.74, 6) is 1.02. The molecule has 32 heavy (non-hydrogen) atoms. The Bertz CT molecular complexity index is 1080. The molecule has 3 aromatic rings. The zero-order valence-electron chi connectivity index (χ0n) is 17.6. The van der Waals surface area contributed by atoms with Crippen LogP contribution in [0.1, 0.15) is 16.7 Å². The van der Waals surface area contributed by atoms with E-state index in [0.717, 1.165) is 5.56 Å². The van der Waals surface area contributed by atoms with Gasteiger partial charge in [-0.3, -0.25) is 4.79 Å². The van der Waals surface area contributed by atoms with Crippen LogP contribution in [-0.2, 0) is 11.4 Å². The largest absolute Gasteiger partial charge is 0.493 e. The summed E-state index contributed by atoms with van der Waals surface area (Å²) in [7, 11) is 1.53. The number of ether oxygens (including phenoxy) is 3. The van der Waals surface area contributed by atoms with Crippen LogP contribution in [0.2, 0.25) is 10.0 Å². The molecule has 0 radical (unpaired) electrons. The first-order valence-corrected chi connectivity index (χ1v) is 10.5. The van der Waals surface area contributed by atoms with E-state index in [-0.39, 0.29) is 6.61 Å². The second-order valence-electron chi connectivity index (χ2n) is 6.84. The minimum absolute atomic E-state index is 0.186. The van der Waals surface area contributed by atoms with E-state index in [2.05, 4.69) is 10.5 Å². The first kappa shape index (κ1) is 23.4. The highest BCUT2D eigenvalue weighted by Gasteiger charge is 2.12. The maximum atomic E-state index is 11.9. The zero-order valence-corrected chi connectivity index (χ0v) is 19.1. The molecule has 6 nitrogen and oxygen atoms in total. The van der Waals surface area contributed by atoms with Crippen molar-refractivity contribution >= 4 is 35.3 Å². The summed E-state index contributed by atoms with van der Waals surface area (Å²) in [4.78, 5) is 11.9. The Morgan fingerprint density at radius 1 is 1.03 bits per heavy atom. The number of hydrazone groups is 1. The van der Waals surface area contributed by atoms with Gasteiger partial charge in [0.1, 0.15) is 12.4 Å². The Hall–Kier alpha value is -3.22. The second-order valence-corrected chi connectivity index (χ2v) is 7.69. The molecule has 0 fully saturated rings. The number of aryl methyl sites for hydroxylation is 1. The number of hydrogen-bond acceptors (Lipinski definition) is 5. The van der Waals surface area contributed by atoms with Crippen LogP contribution in [0, 0.1) is 6.92 Å². The molecule has 0 spiro atoms. The molecule has 0 aliphatic heterocycles. The fourth-order valence-corrected chi connectivity index (χ4v) is 3.08. The summed E-state index contributed by atoms with van der Waals surface area (Å²) in [6.45, 7) is 2.20. The van der Waals surface area contributed by atoms with Gasteiger partial charge in [0.2, 0.25) is 0 Å². The smallest absolute Gasteiger partial charge is 0.277 e. The van der Waals surface area contributed by atoms with E-state index in [1.807, 2.05) is 31.2 Å². The van der Waals surface area contributed by atoms with Crippen LogP contribution in [0.25, 0.3) is 0 Å². The summed E-state index contributed by atoms with van der Waals surface area (Å²) in [5.41, 5.74) is 5.23. The van der Waals surface area contributed by atoms with Crippen LogP contribution in [0.15, 0.2) is 65.8 Å². The number of amides is 1. The summed E-state index contributed by atoms with van der Waals surface area (Å²) < 4.78 is 16.6. The molecule has 0 atom stereocenters. The van der Waals surface area contributed by atoms with E-state index in [1.165, 1.54) is 18.9 Å². The zero-order chi connectivity index (χ0) is 22.9. The van der Waals surface area contributed by atoms with Gasteiger partial charge in [0, 0.05) is 5.02 Å². The molecule has 1 amide bonds. The van der Waals surface area contributed by atoms with Crippen molar-refractivity contribution in [2.45, 2.75) is 13.5 Å². The van der Waals surface area contributed by atoms with Crippen molar-refractivity contribution in [1.82, 2.24) is 5.43 Å². The highest BCUT2D eigenvalue weighted by atomic mass is 35.5. The maximum Gasteiger partial charge on any atom is 0.277 e. The van der Waals surface area contributed by atoms with Gasteiger partial charge in [-0.25, -0.2) is 5.43 Å². The lowest BCUT2D eigenvalue weighted by Crippen LogP contribution is -2.24. The van der Waals surface area contributed by atoms with Gasteiger partial charge in [0.25, 0.3) is 5.91 Å². The Morgan fingerprint density at radius 3 is 2.44 bits per heavy atom. The van der Waals surface area contributed by atoms with Crippen molar-refractivity contribution in [3.05, 3.63) is 87.4 Å². The van der Waals surface area contributed by atoms with Gasteiger partial charge in [-0.2, -0.15) is 5.10 Å². The number of nitrogens with one attached hydrogen (secondary N) is 1. The monoisotopic (exact) mass is 472 g/mol. The quantitative estimate of drug-likeness (QED) is 0.333. The van der Waals surface area contributed by atoms with Gasteiger partial charge in [-0.15, -0.1) is 0 Å². The molecule has 0 bridgehead atoms. The minimum atomic E-state index is -0.410. The van der Waals surface area contributed by atoms with Gasteiger partial charge in [-0.1, -0.05) is 53.0 Å². The van der Waals surface area contributed by atoms with Crippen molar-refractivity contribution in [2.75, 3.05) is 13.7 Å². The van der Waals surface area contributed by atoms with Crippen LogP contribution < -0.4 is 19.6 Å². The van der Waals surface area contributed by atoms with Crippen molar-refractivity contribution in [3.63, 3.8) is 0 Å². The molecule has 1 N–H and O–H groups in total. The summed E-state index contributed by atoms with van der Waals surface area (Å²) in [6, 6.07) is 18.1. The van der Waals surface area contributed by atoms with E-state index >= 15 is 0 Å². The lowest BCUT2D eigenvalue weighted by molar-refractivity contribution is -0.123. The number of benzene rings is 3. The van der Waals surface area contributed by atoms with E-state index in [1.54, 1.807) is 36.4 Å². The van der Waals surface area contributed by atoms with Crippen molar-refractivity contribution < 1.29 is 19.0 Å². The highest BCUT2D eigenvalue weighted by Crippen LogP contribution is 2.36. The molecule has 3 rings (SSSR count). The van der Waals surface area contributed by atoms with Crippen molar-refractivity contribution in [1.29, 1.82) is 0 Å². The Balaban J connectivity index is 1.57. The summed E-state index contributed by atoms with van der Waals surface area (Å²) in [6.07, 6.45) is 1.46. The molecule has 0 aliphatic rings. The molecular weight excluding hydrogens is 451 g/mol. The molecule has 0 aliphatic carbocycles. The average molecular weight is 473 g/mol. The van der Waals surface area contributed by atoms with Gasteiger partial charge >= 0.3 is 0 Å². The highest BCUT2D eigenvalue weighted by molar-refractivity contribution is 6.32. The lowest BCUT2D eigenvalue weighted by atomic mass is 10.1. The predicted octanol–water partition coefficient (Wildman–Crippen LogP) is 5.42. The molecule has 0 saturated carbocycles. The van der Waals surface area contributed by atoms with E-state index in [0.29, 0.717) is 39.5 Å². The third-order valence-corrected chi connectivity index (χ3v) is 4.87. The van der Waals surface area contributed by atoms with Gasteiger partial charge in [-0.05, 0) is 54.4 Å². The predicted molar refractivity (Wildman–Crippen MR) is 126 cm³/mol. The number of rotatable bonds is 9. The lowest BCUT2D eigenvalue weighted by Gasteiger charge is -2.13. The number of carbonyl (C=O) groups excluding carboxylic acids is 1.